The molecule has 1 fully saturated rings. The van der Waals surface area contributed by atoms with Crippen molar-refractivity contribution in [1.82, 2.24) is 10.2 Å². The van der Waals surface area contributed by atoms with E-state index in [0.717, 1.165) is 0 Å². The van der Waals surface area contributed by atoms with Crippen molar-refractivity contribution in [1.29, 1.82) is 0 Å². The fourth-order valence-electron chi connectivity index (χ4n) is 2.68. The van der Waals surface area contributed by atoms with E-state index in [1.54, 1.807) is 0 Å². The minimum absolute atomic E-state index is 0.234. The lowest BCUT2D eigenvalue weighted by atomic mass is 10.1. The molecular weight excluding hydrogens is 184 g/mol. The monoisotopic (exact) mass is 212 g/mol. The second kappa shape index (κ2) is 4.06. The van der Waals surface area contributed by atoms with Crippen LogP contribution in [-0.4, -0.2) is 34.6 Å². The van der Waals surface area contributed by atoms with Crippen LogP contribution in [0.3, 0.4) is 0 Å². The van der Waals surface area contributed by atoms with E-state index < -0.39 is 0 Å². The maximum atomic E-state index is 3.71. The zero-order valence-electron chi connectivity index (χ0n) is 11.5. The minimum Gasteiger partial charge on any atom is -0.308 e. The average molecular weight is 212 g/mol. The highest BCUT2D eigenvalue weighted by Gasteiger charge is 2.36. The van der Waals surface area contributed by atoms with Gasteiger partial charge in [-0.1, -0.05) is 0 Å². The van der Waals surface area contributed by atoms with Crippen LogP contribution in [0.1, 0.15) is 54.9 Å². The number of likely N-dealkylation sites (tertiary alicyclic amines) is 1. The van der Waals surface area contributed by atoms with Crippen LogP contribution in [0.5, 0.6) is 0 Å². The van der Waals surface area contributed by atoms with Gasteiger partial charge in [0.1, 0.15) is 0 Å². The van der Waals surface area contributed by atoms with Gasteiger partial charge in [0, 0.05) is 29.7 Å². The minimum atomic E-state index is 0.234. The summed E-state index contributed by atoms with van der Waals surface area (Å²) in [6, 6.07) is 1.35. The number of hydrogen-bond acceptors (Lipinski definition) is 2. The zero-order valence-corrected chi connectivity index (χ0v) is 11.5. The molecule has 2 heteroatoms. The Morgan fingerprint density at radius 2 is 1.60 bits per heavy atom. The van der Waals surface area contributed by atoms with E-state index >= 15 is 0 Å². The Hall–Kier alpha value is -0.0800. The Bertz CT molecular complexity index is 210. The van der Waals surface area contributed by atoms with Gasteiger partial charge in [-0.2, -0.15) is 0 Å². The van der Waals surface area contributed by atoms with Crippen molar-refractivity contribution in [3.8, 4) is 0 Å². The first-order valence-corrected chi connectivity index (χ1v) is 6.14. The van der Waals surface area contributed by atoms with Crippen molar-refractivity contribution in [2.24, 2.45) is 0 Å². The first-order valence-electron chi connectivity index (χ1n) is 6.14. The Labute approximate surface area is 95.4 Å². The maximum absolute atomic E-state index is 3.71. The predicted octanol–water partition coefficient (Wildman–Crippen LogP) is 2.64. The van der Waals surface area contributed by atoms with Gasteiger partial charge in [0.25, 0.3) is 0 Å². The molecule has 0 radical (unpaired) electrons. The molecule has 1 saturated heterocycles. The summed E-state index contributed by atoms with van der Waals surface area (Å²) in [7, 11) is 0. The van der Waals surface area contributed by atoms with Crippen molar-refractivity contribution in [3.05, 3.63) is 0 Å². The molecule has 0 aromatic carbocycles. The number of hydrogen-bond donors (Lipinski definition) is 1. The molecule has 0 spiro atoms. The number of nitrogens with zero attached hydrogens (tertiary/aromatic N) is 1. The molecule has 0 aromatic heterocycles. The second-order valence-electron chi connectivity index (χ2n) is 7.00. The SMILES string of the molecule is C[C@H]1C[C@@H](NC(C)(C)C)CN1C(C)(C)C. The molecule has 2 atom stereocenters. The summed E-state index contributed by atoms with van der Waals surface area (Å²) in [6.45, 7) is 17.2. The Morgan fingerprint density at radius 1 is 1.07 bits per heavy atom. The summed E-state index contributed by atoms with van der Waals surface area (Å²) in [6.07, 6.45) is 1.27. The van der Waals surface area contributed by atoms with Gasteiger partial charge in [-0.15, -0.1) is 0 Å². The van der Waals surface area contributed by atoms with Gasteiger partial charge in [-0.3, -0.25) is 4.90 Å². The topological polar surface area (TPSA) is 15.3 Å². The molecule has 15 heavy (non-hydrogen) atoms. The Balaban J connectivity index is 2.57. The highest BCUT2D eigenvalue weighted by molar-refractivity contribution is 4.95. The standard InChI is InChI=1S/C13H28N2/c1-10-8-11(14-12(2,3)4)9-15(10)13(5,6)7/h10-11,14H,8-9H2,1-7H3/t10-,11+/m0/s1. The molecule has 0 amide bonds. The third-order valence-corrected chi connectivity index (χ3v) is 3.07. The average Bonchev–Trinajstić information content (AvgIpc) is 2.25. The second-order valence-corrected chi connectivity index (χ2v) is 7.00. The lowest BCUT2D eigenvalue weighted by Gasteiger charge is -2.35. The van der Waals surface area contributed by atoms with Gasteiger partial charge in [-0.25, -0.2) is 0 Å². The van der Waals surface area contributed by atoms with Crippen LogP contribution in [-0.2, 0) is 0 Å². The van der Waals surface area contributed by atoms with Crippen LogP contribution in [0.4, 0.5) is 0 Å². The summed E-state index contributed by atoms with van der Waals surface area (Å²) in [4.78, 5) is 2.61. The molecule has 0 bridgehead atoms. The largest absolute Gasteiger partial charge is 0.308 e. The van der Waals surface area contributed by atoms with Gasteiger partial charge < -0.3 is 5.32 Å². The number of nitrogens with one attached hydrogen (secondary N) is 1. The highest BCUT2D eigenvalue weighted by Crippen LogP contribution is 2.27. The van der Waals surface area contributed by atoms with Gasteiger partial charge in [0.2, 0.25) is 0 Å². The normalized spacial score (nSPS) is 29.8. The van der Waals surface area contributed by atoms with E-state index in [4.69, 9.17) is 0 Å². The molecule has 1 aliphatic rings. The molecule has 0 aromatic rings. The van der Waals surface area contributed by atoms with E-state index in [1.165, 1.54) is 13.0 Å². The van der Waals surface area contributed by atoms with E-state index in [0.29, 0.717) is 17.6 Å². The van der Waals surface area contributed by atoms with Gasteiger partial charge in [-0.05, 0) is 54.9 Å². The van der Waals surface area contributed by atoms with Gasteiger partial charge in [0.15, 0.2) is 0 Å². The lowest BCUT2D eigenvalue weighted by Crippen LogP contribution is -2.47. The Morgan fingerprint density at radius 3 is 1.93 bits per heavy atom. The van der Waals surface area contributed by atoms with E-state index in [1.807, 2.05) is 0 Å². The van der Waals surface area contributed by atoms with E-state index in [2.05, 4.69) is 58.7 Å². The fourth-order valence-corrected chi connectivity index (χ4v) is 2.68. The smallest absolute Gasteiger partial charge is 0.0214 e. The molecule has 0 unspecified atom stereocenters. The van der Waals surface area contributed by atoms with Crippen LogP contribution in [0, 0.1) is 0 Å². The third kappa shape index (κ3) is 3.76. The molecule has 1 aliphatic heterocycles. The lowest BCUT2D eigenvalue weighted by molar-refractivity contribution is 0.127. The molecule has 0 saturated carbocycles. The van der Waals surface area contributed by atoms with Crippen molar-refractivity contribution < 1.29 is 0 Å². The third-order valence-electron chi connectivity index (χ3n) is 3.07. The summed E-state index contributed by atoms with van der Waals surface area (Å²) in [5.74, 6) is 0. The van der Waals surface area contributed by atoms with Crippen LogP contribution >= 0.6 is 0 Å². The summed E-state index contributed by atoms with van der Waals surface area (Å²) < 4.78 is 0. The van der Waals surface area contributed by atoms with Crippen molar-refractivity contribution >= 4 is 0 Å². The molecule has 1 heterocycles. The molecule has 2 nitrogen and oxygen atoms in total. The van der Waals surface area contributed by atoms with Crippen LogP contribution in [0.15, 0.2) is 0 Å². The first kappa shape index (κ1) is 13.0. The van der Waals surface area contributed by atoms with Crippen molar-refractivity contribution in [2.45, 2.75) is 78.0 Å². The molecule has 1 N–H and O–H groups in total. The summed E-state index contributed by atoms with van der Waals surface area (Å²) in [5, 5.41) is 3.71. The molecule has 1 rings (SSSR count). The van der Waals surface area contributed by atoms with Crippen molar-refractivity contribution in [2.75, 3.05) is 6.54 Å². The summed E-state index contributed by atoms with van der Waals surface area (Å²) in [5.41, 5.74) is 0.534. The highest BCUT2D eigenvalue weighted by atomic mass is 15.3. The Kier molecular flexibility index (Phi) is 3.52. The molecule has 0 aliphatic carbocycles. The molecule has 90 valence electrons. The first-order chi connectivity index (χ1) is 6.59. The number of rotatable bonds is 1. The predicted molar refractivity (Wildman–Crippen MR) is 67.2 cm³/mol. The van der Waals surface area contributed by atoms with E-state index in [9.17, 15) is 0 Å². The van der Waals surface area contributed by atoms with Gasteiger partial charge in [0.05, 0.1) is 0 Å². The zero-order chi connectivity index (χ0) is 11.9. The van der Waals surface area contributed by atoms with Crippen LogP contribution < -0.4 is 5.32 Å². The van der Waals surface area contributed by atoms with Crippen LogP contribution in [0.2, 0.25) is 0 Å². The fraction of sp³-hybridized carbons (Fsp3) is 1.00. The molecular formula is C13H28N2. The van der Waals surface area contributed by atoms with Gasteiger partial charge >= 0.3 is 0 Å². The van der Waals surface area contributed by atoms with E-state index in [-0.39, 0.29) is 5.54 Å². The van der Waals surface area contributed by atoms with Crippen LogP contribution in [0.25, 0.3) is 0 Å². The quantitative estimate of drug-likeness (QED) is 0.719. The maximum Gasteiger partial charge on any atom is 0.0214 e. The summed E-state index contributed by atoms with van der Waals surface area (Å²) >= 11 is 0. The van der Waals surface area contributed by atoms with Crippen molar-refractivity contribution in [3.63, 3.8) is 0 Å².